The quantitative estimate of drug-likeness (QED) is 0.497. The number of aryl methyl sites for hydroxylation is 4. The summed E-state index contributed by atoms with van der Waals surface area (Å²) in [5.41, 5.74) is 5.70. The fourth-order valence-electron chi connectivity index (χ4n) is 5.13. The van der Waals surface area contributed by atoms with E-state index in [4.69, 9.17) is 0 Å². The van der Waals surface area contributed by atoms with Crippen molar-refractivity contribution in [2.24, 2.45) is 5.92 Å². The monoisotopic (exact) mass is 496 g/mol. The van der Waals surface area contributed by atoms with Crippen LogP contribution in [0.2, 0.25) is 0 Å². The van der Waals surface area contributed by atoms with Crippen molar-refractivity contribution in [1.29, 1.82) is 0 Å². The van der Waals surface area contributed by atoms with E-state index in [-0.39, 0.29) is 11.8 Å². The van der Waals surface area contributed by atoms with Crippen LogP contribution in [0.5, 0.6) is 0 Å². The third-order valence-electron chi connectivity index (χ3n) is 7.42. The molecule has 0 radical (unpaired) electrons. The molecule has 1 aliphatic heterocycles. The second-order valence-electron chi connectivity index (χ2n) is 9.71. The number of nitrogens with one attached hydrogen (secondary N) is 1. The van der Waals surface area contributed by atoms with Gasteiger partial charge in [0, 0.05) is 32.1 Å². The number of hydrogen-bond donors (Lipinski definition) is 1. The molecule has 0 bridgehead atoms. The van der Waals surface area contributed by atoms with Crippen LogP contribution in [0.1, 0.15) is 47.3 Å². The smallest absolute Gasteiger partial charge is 0.243 e. The van der Waals surface area contributed by atoms with E-state index >= 15 is 0 Å². The number of nitrogens with zero attached hydrogens (tertiary/aromatic N) is 3. The highest BCUT2D eigenvalue weighted by Gasteiger charge is 2.34. The van der Waals surface area contributed by atoms with Gasteiger partial charge in [0.2, 0.25) is 15.9 Å². The molecule has 2 aromatic carbocycles. The third kappa shape index (κ3) is 5.00. The van der Waals surface area contributed by atoms with Crippen molar-refractivity contribution < 1.29 is 13.2 Å². The molecule has 0 atom stereocenters. The third-order valence-corrected chi connectivity index (χ3v) is 9.60. The molecule has 1 saturated heterocycles. The minimum Gasteiger partial charge on any atom is -0.356 e. The maximum Gasteiger partial charge on any atom is 0.243 e. The number of sulfonamides is 1. The van der Waals surface area contributed by atoms with Crippen molar-refractivity contribution in [2.45, 2.75) is 65.3 Å². The standard InChI is InChI=1S/C27H36N4O3S/c1-18-17-19(2)21(4)26(20(18)3)35(33,34)30-15-11-23(12-16-30)27(32)28-13-8-14-31-22(5)29-24-9-6-7-10-25(24)31/h6-7,9-10,17,23H,8,11-16H2,1-5H3,(H,28,32). The molecule has 2 heterocycles. The Hall–Kier alpha value is -2.71. The van der Waals surface area contributed by atoms with Gasteiger partial charge >= 0.3 is 0 Å². The van der Waals surface area contributed by atoms with E-state index in [0.29, 0.717) is 37.4 Å². The van der Waals surface area contributed by atoms with Gasteiger partial charge in [0.1, 0.15) is 5.82 Å². The molecule has 0 saturated carbocycles. The Morgan fingerprint density at radius 2 is 1.66 bits per heavy atom. The maximum absolute atomic E-state index is 13.5. The van der Waals surface area contributed by atoms with Gasteiger partial charge in [-0.1, -0.05) is 18.2 Å². The molecular weight excluding hydrogens is 460 g/mol. The van der Waals surface area contributed by atoms with E-state index in [1.807, 2.05) is 58.9 Å². The number of hydrogen-bond acceptors (Lipinski definition) is 4. The van der Waals surface area contributed by atoms with Crippen LogP contribution in [-0.4, -0.2) is 47.8 Å². The van der Waals surface area contributed by atoms with Crippen molar-refractivity contribution in [3.05, 3.63) is 58.4 Å². The summed E-state index contributed by atoms with van der Waals surface area (Å²) in [4.78, 5) is 17.8. The lowest BCUT2D eigenvalue weighted by molar-refractivity contribution is -0.126. The number of piperidine rings is 1. The molecule has 1 aromatic heterocycles. The number of fused-ring (bicyclic) bond motifs is 1. The predicted molar refractivity (Wildman–Crippen MR) is 139 cm³/mol. The van der Waals surface area contributed by atoms with Crippen molar-refractivity contribution in [2.75, 3.05) is 19.6 Å². The van der Waals surface area contributed by atoms with Gasteiger partial charge in [-0.2, -0.15) is 4.31 Å². The summed E-state index contributed by atoms with van der Waals surface area (Å²) in [5.74, 6) is 0.840. The Kier molecular flexibility index (Phi) is 7.33. The summed E-state index contributed by atoms with van der Waals surface area (Å²) < 4.78 is 30.7. The average molecular weight is 497 g/mol. The lowest BCUT2D eigenvalue weighted by atomic mass is 9.97. The molecule has 7 nitrogen and oxygen atoms in total. The highest BCUT2D eigenvalue weighted by Crippen LogP contribution is 2.31. The van der Waals surface area contributed by atoms with Gasteiger partial charge in [-0.3, -0.25) is 4.79 Å². The van der Waals surface area contributed by atoms with Crippen molar-refractivity contribution in [3.63, 3.8) is 0 Å². The average Bonchev–Trinajstić information content (AvgIpc) is 3.15. The van der Waals surface area contributed by atoms with Crippen LogP contribution in [0.15, 0.2) is 35.2 Å². The van der Waals surface area contributed by atoms with Gasteiger partial charge in [-0.25, -0.2) is 13.4 Å². The Bertz CT molecular complexity index is 1330. The number of rotatable bonds is 7. The zero-order chi connectivity index (χ0) is 25.3. The number of amides is 1. The number of para-hydroxylation sites is 2. The number of imidazole rings is 1. The molecule has 0 unspecified atom stereocenters. The van der Waals surface area contributed by atoms with Crippen molar-refractivity contribution >= 4 is 27.0 Å². The molecular formula is C27H36N4O3S. The number of aromatic nitrogens is 2. The van der Waals surface area contributed by atoms with Crippen LogP contribution in [0.4, 0.5) is 0 Å². The molecule has 0 spiro atoms. The summed E-state index contributed by atoms with van der Waals surface area (Å²) in [6.45, 7) is 11.8. The minimum absolute atomic E-state index is 0.0213. The largest absolute Gasteiger partial charge is 0.356 e. The molecule has 0 aliphatic carbocycles. The molecule has 35 heavy (non-hydrogen) atoms. The minimum atomic E-state index is -3.59. The van der Waals surface area contributed by atoms with E-state index < -0.39 is 10.0 Å². The number of carbonyl (C=O) groups excluding carboxylic acids is 1. The van der Waals surface area contributed by atoms with Crippen LogP contribution >= 0.6 is 0 Å². The molecule has 1 fully saturated rings. The second-order valence-corrected chi connectivity index (χ2v) is 11.6. The zero-order valence-corrected chi connectivity index (χ0v) is 22.2. The summed E-state index contributed by atoms with van der Waals surface area (Å²) in [6, 6.07) is 10.1. The maximum atomic E-state index is 13.5. The summed E-state index contributed by atoms with van der Waals surface area (Å²) in [7, 11) is -3.59. The van der Waals surface area contributed by atoms with Gasteiger partial charge in [0.25, 0.3) is 0 Å². The molecule has 1 N–H and O–H groups in total. The Morgan fingerprint density at radius 1 is 1.03 bits per heavy atom. The van der Waals surface area contributed by atoms with Gasteiger partial charge in [0.05, 0.1) is 15.9 Å². The number of carbonyl (C=O) groups is 1. The van der Waals surface area contributed by atoms with E-state index in [1.54, 1.807) is 4.31 Å². The molecule has 8 heteroatoms. The molecule has 3 aromatic rings. The van der Waals surface area contributed by atoms with Crippen LogP contribution in [0.25, 0.3) is 11.0 Å². The van der Waals surface area contributed by atoms with E-state index in [0.717, 1.165) is 52.1 Å². The fourth-order valence-corrected chi connectivity index (χ4v) is 7.17. The first-order chi connectivity index (χ1) is 16.6. The van der Waals surface area contributed by atoms with Gasteiger partial charge in [-0.05, 0) is 88.3 Å². The Morgan fingerprint density at radius 3 is 2.31 bits per heavy atom. The highest BCUT2D eigenvalue weighted by atomic mass is 32.2. The van der Waals surface area contributed by atoms with E-state index in [1.165, 1.54) is 0 Å². The van der Waals surface area contributed by atoms with Crippen molar-refractivity contribution in [1.82, 2.24) is 19.2 Å². The first-order valence-corrected chi connectivity index (χ1v) is 13.8. The SMILES string of the molecule is Cc1cc(C)c(C)c(S(=O)(=O)N2CCC(C(=O)NCCCn3c(C)nc4ccccc43)CC2)c1C. The molecule has 1 amide bonds. The van der Waals surface area contributed by atoms with Crippen LogP contribution in [-0.2, 0) is 21.4 Å². The van der Waals surface area contributed by atoms with Gasteiger partial charge < -0.3 is 9.88 Å². The second kappa shape index (κ2) is 10.1. The Balaban J connectivity index is 1.31. The summed E-state index contributed by atoms with van der Waals surface area (Å²) in [5, 5.41) is 3.06. The highest BCUT2D eigenvalue weighted by molar-refractivity contribution is 7.89. The van der Waals surface area contributed by atoms with Crippen LogP contribution < -0.4 is 5.32 Å². The fraction of sp³-hybridized carbons (Fsp3) is 0.481. The summed E-state index contributed by atoms with van der Waals surface area (Å²) >= 11 is 0. The normalized spacial score (nSPS) is 15.6. The van der Waals surface area contributed by atoms with Gasteiger partial charge in [0.15, 0.2) is 0 Å². The lowest BCUT2D eigenvalue weighted by Crippen LogP contribution is -2.43. The molecule has 4 rings (SSSR count). The first kappa shape index (κ1) is 25.4. The topological polar surface area (TPSA) is 84.3 Å². The van der Waals surface area contributed by atoms with Crippen LogP contribution in [0, 0.1) is 40.5 Å². The molecule has 1 aliphatic rings. The zero-order valence-electron chi connectivity index (χ0n) is 21.4. The summed E-state index contributed by atoms with van der Waals surface area (Å²) in [6.07, 6.45) is 1.89. The van der Waals surface area contributed by atoms with E-state index in [9.17, 15) is 13.2 Å². The van der Waals surface area contributed by atoms with Crippen LogP contribution in [0.3, 0.4) is 0 Å². The predicted octanol–water partition coefficient (Wildman–Crippen LogP) is 4.19. The lowest BCUT2D eigenvalue weighted by Gasteiger charge is -2.31. The van der Waals surface area contributed by atoms with Crippen molar-refractivity contribution in [3.8, 4) is 0 Å². The molecule has 188 valence electrons. The van der Waals surface area contributed by atoms with Gasteiger partial charge in [-0.15, -0.1) is 0 Å². The number of benzene rings is 2. The van der Waals surface area contributed by atoms with E-state index in [2.05, 4.69) is 20.9 Å². The Labute approximate surface area is 208 Å². The first-order valence-electron chi connectivity index (χ1n) is 12.4.